The lowest BCUT2D eigenvalue weighted by Gasteiger charge is -2.28. The lowest BCUT2D eigenvalue weighted by atomic mass is 10.1. The lowest BCUT2D eigenvalue weighted by molar-refractivity contribution is -0.120. The van der Waals surface area contributed by atoms with E-state index in [-0.39, 0.29) is 18.4 Å². The molecule has 3 aromatic rings. The van der Waals surface area contributed by atoms with E-state index >= 15 is 0 Å². The summed E-state index contributed by atoms with van der Waals surface area (Å²) >= 11 is 7.77. The van der Waals surface area contributed by atoms with E-state index in [1.165, 1.54) is 0 Å². The van der Waals surface area contributed by atoms with E-state index in [2.05, 4.69) is 15.6 Å². The van der Waals surface area contributed by atoms with Crippen LogP contribution in [0.1, 0.15) is 11.1 Å². The van der Waals surface area contributed by atoms with Crippen LogP contribution < -0.4 is 15.5 Å². The van der Waals surface area contributed by atoms with Crippen molar-refractivity contribution in [2.45, 2.75) is 18.0 Å². The number of hydrogen-bond donors (Lipinski definition) is 2. The minimum absolute atomic E-state index is 0.0911. The summed E-state index contributed by atoms with van der Waals surface area (Å²) in [6, 6.07) is 18.2. The van der Waals surface area contributed by atoms with E-state index in [0.29, 0.717) is 23.8 Å². The number of carbonyl (C=O) groups excluding carboxylic acids is 2. The van der Waals surface area contributed by atoms with Gasteiger partial charge in [0.05, 0.1) is 12.1 Å². The van der Waals surface area contributed by atoms with Gasteiger partial charge in [0.15, 0.2) is 0 Å². The van der Waals surface area contributed by atoms with E-state index in [0.717, 1.165) is 27.6 Å². The monoisotopic (exact) mass is 452 g/mol. The van der Waals surface area contributed by atoms with Gasteiger partial charge in [0.25, 0.3) is 0 Å². The number of aromatic nitrogens is 1. The second-order valence-electron chi connectivity index (χ2n) is 7.00. The highest BCUT2D eigenvalue weighted by atomic mass is 35.5. The van der Waals surface area contributed by atoms with Crippen LogP contribution in [0.4, 0.5) is 16.2 Å². The number of rotatable bonds is 5. The number of urea groups is 1. The van der Waals surface area contributed by atoms with Gasteiger partial charge in [-0.15, -0.1) is 11.8 Å². The van der Waals surface area contributed by atoms with Crippen LogP contribution in [0.25, 0.3) is 0 Å². The second kappa shape index (κ2) is 9.85. The number of halogens is 1. The molecule has 2 heterocycles. The molecule has 0 saturated carbocycles. The van der Waals surface area contributed by atoms with E-state index < -0.39 is 0 Å². The van der Waals surface area contributed by atoms with Crippen molar-refractivity contribution in [2.24, 2.45) is 0 Å². The van der Waals surface area contributed by atoms with Gasteiger partial charge in [0, 0.05) is 35.7 Å². The predicted molar refractivity (Wildman–Crippen MR) is 125 cm³/mol. The smallest absolute Gasteiger partial charge is 0.326 e. The van der Waals surface area contributed by atoms with Gasteiger partial charge >= 0.3 is 6.03 Å². The highest BCUT2D eigenvalue weighted by molar-refractivity contribution is 7.99. The van der Waals surface area contributed by atoms with Crippen LogP contribution in [0.15, 0.2) is 71.9 Å². The van der Waals surface area contributed by atoms with Gasteiger partial charge in [0.2, 0.25) is 5.91 Å². The zero-order valence-electron chi connectivity index (χ0n) is 16.7. The molecule has 0 bridgehead atoms. The lowest BCUT2D eigenvalue weighted by Crippen LogP contribution is -2.38. The average molecular weight is 453 g/mol. The van der Waals surface area contributed by atoms with Crippen molar-refractivity contribution in [3.8, 4) is 0 Å². The van der Waals surface area contributed by atoms with E-state index in [4.69, 9.17) is 11.6 Å². The molecule has 8 heteroatoms. The molecule has 0 atom stereocenters. The fourth-order valence-corrected chi connectivity index (χ4v) is 4.38. The van der Waals surface area contributed by atoms with Gasteiger partial charge in [-0.25, -0.2) is 9.78 Å². The first-order chi connectivity index (χ1) is 15.1. The Morgan fingerprint density at radius 2 is 1.87 bits per heavy atom. The summed E-state index contributed by atoms with van der Waals surface area (Å²) in [5.41, 5.74) is 3.24. The summed E-state index contributed by atoms with van der Waals surface area (Å²) in [5, 5.41) is 7.30. The number of amides is 3. The Kier molecular flexibility index (Phi) is 6.74. The third kappa shape index (κ3) is 5.37. The number of benzene rings is 2. The first kappa shape index (κ1) is 21.2. The average Bonchev–Trinajstić information content (AvgIpc) is 2.79. The Labute approximate surface area is 190 Å². The molecule has 2 N–H and O–H groups in total. The summed E-state index contributed by atoms with van der Waals surface area (Å²) in [6.07, 6.45) is 1.98. The number of anilines is 2. The minimum Gasteiger partial charge on any atom is -0.352 e. The molecular weight excluding hydrogens is 432 g/mol. The molecule has 3 amide bonds. The number of nitrogens with zero attached hydrogens (tertiary/aromatic N) is 2. The molecule has 0 spiro atoms. The van der Waals surface area contributed by atoms with Crippen molar-refractivity contribution < 1.29 is 9.59 Å². The van der Waals surface area contributed by atoms with E-state index in [1.807, 2.05) is 42.5 Å². The minimum atomic E-state index is -0.195. The first-order valence-electron chi connectivity index (χ1n) is 9.85. The van der Waals surface area contributed by atoms with Crippen LogP contribution in [0.3, 0.4) is 0 Å². The van der Waals surface area contributed by atoms with Gasteiger partial charge in [-0.1, -0.05) is 41.9 Å². The quantitative estimate of drug-likeness (QED) is 0.586. The SMILES string of the molecule is O=C(Cc1ccc(NC(=O)N2CCSc3ncccc32)cc1)NCc1ccccc1Cl. The molecule has 158 valence electrons. The zero-order valence-corrected chi connectivity index (χ0v) is 18.2. The van der Waals surface area contributed by atoms with Crippen LogP contribution >= 0.6 is 23.4 Å². The topological polar surface area (TPSA) is 74.3 Å². The maximum Gasteiger partial charge on any atom is 0.326 e. The summed E-state index contributed by atoms with van der Waals surface area (Å²) < 4.78 is 0. The van der Waals surface area contributed by atoms with Crippen molar-refractivity contribution in [3.05, 3.63) is 83.0 Å². The number of carbonyl (C=O) groups is 2. The molecule has 0 unspecified atom stereocenters. The van der Waals surface area contributed by atoms with Crippen molar-refractivity contribution in [2.75, 3.05) is 22.5 Å². The Morgan fingerprint density at radius 3 is 2.68 bits per heavy atom. The zero-order chi connectivity index (χ0) is 21.6. The maximum absolute atomic E-state index is 12.7. The third-order valence-corrected chi connectivity index (χ3v) is 6.19. The number of pyridine rings is 1. The molecule has 1 aromatic heterocycles. The molecule has 0 aliphatic carbocycles. The highest BCUT2D eigenvalue weighted by Gasteiger charge is 2.23. The second-order valence-corrected chi connectivity index (χ2v) is 8.49. The predicted octanol–water partition coefficient (Wildman–Crippen LogP) is 4.74. The molecule has 0 saturated heterocycles. The number of fused-ring (bicyclic) bond motifs is 1. The number of hydrogen-bond acceptors (Lipinski definition) is 4. The molecule has 6 nitrogen and oxygen atoms in total. The van der Waals surface area contributed by atoms with Crippen LogP contribution in [-0.4, -0.2) is 29.2 Å². The molecule has 0 fully saturated rings. The van der Waals surface area contributed by atoms with Gasteiger partial charge in [-0.2, -0.15) is 0 Å². The molecule has 0 radical (unpaired) electrons. The molecule has 31 heavy (non-hydrogen) atoms. The fraction of sp³-hybridized carbons (Fsp3) is 0.174. The van der Waals surface area contributed by atoms with Crippen molar-refractivity contribution >= 4 is 46.7 Å². The highest BCUT2D eigenvalue weighted by Crippen LogP contribution is 2.32. The van der Waals surface area contributed by atoms with Crippen LogP contribution in [0, 0.1) is 0 Å². The standard InChI is InChI=1S/C23H21ClN4O2S/c24-19-5-2-1-4-17(19)15-26-21(29)14-16-7-9-18(10-8-16)27-23(30)28-12-13-31-22-20(28)6-3-11-25-22/h1-11H,12-15H2,(H,26,29)(H,27,30). The van der Waals surface area contributed by atoms with Crippen LogP contribution in [0.2, 0.25) is 5.02 Å². The Morgan fingerprint density at radius 1 is 1.06 bits per heavy atom. The first-order valence-corrected chi connectivity index (χ1v) is 11.2. The summed E-state index contributed by atoms with van der Waals surface area (Å²) in [6.45, 7) is 1.01. The van der Waals surface area contributed by atoms with Crippen LogP contribution in [-0.2, 0) is 17.8 Å². The summed E-state index contributed by atoms with van der Waals surface area (Å²) in [7, 11) is 0. The largest absolute Gasteiger partial charge is 0.352 e. The maximum atomic E-state index is 12.7. The van der Waals surface area contributed by atoms with Gasteiger partial charge in [-0.3, -0.25) is 9.69 Å². The number of nitrogens with one attached hydrogen (secondary N) is 2. The van der Waals surface area contributed by atoms with E-state index in [9.17, 15) is 9.59 Å². The Hall–Kier alpha value is -3.03. The molecule has 1 aliphatic rings. The molecular formula is C23H21ClN4O2S. The summed E-state index contributed by atoms with van der Waals surface area (Å²) in [5.74, 6) is 0.714. The normalized spacial score (nSPS) is 12.7. The Balaban J connectivity index is 1.32. The fourth-order valence-electron chi connectivity index (χ4n) is 3.24. The molecule has 4 rings (SSSR count). The van der Waals surface area contributed by atoms with E-state index in [1.54, 1.807) is 41.1 Å². The van der Waals surface area contributed by atoms with Gasteiger partial charge < -0.3 is 10.6 Å². The third-order valence-electron chi connectivity index (χ3n) is 4.84. The van der Waals surface area contributed by atoms with Gasteiger partial charge in [-0.05, 0) is 41.5 Å². The summed E-state index contributed by atoms with van der Waals surface area (Å²) in [4.78, 5) is 31.0. The van der Waals surface area contributed by atoms with Crippen molar-refractivity contribution in [1.82, 2.24) is 10.3 Å². The van der Waals surface area contributed by atoms with Crippen LogP contribution in [0.5, 0.6) is 0 Å². The van der Waals surface area contributed by atoms with Crippen molar-refractivity contribution in [1.29, 1.82) is 0 Å². The van der Waals surface area contributed by atoms with Crippen molar-refractivity contribution in [3.63, 3.8) is 0 Å². The Bertz CT molecular complexity index is 1090. The van der Waals surface area contributed by atoms with Gasteiger partial charge in [0.1, 0.15) is 5.03 Å². The molecule has 2 aromatic carbocycles. The number of thioether (sulfide) groups is 1. The molecule has 1 aliphatic heterocycles.